The third-order valence-electron chi connectivity index (χ3n) is 2.94. The van der Waals surface area contributed by atoms with Crippen molar-refractivity contribution >= 4 is 51.4 Å². The number of hydrogen-bond donors (Lipinski definition) is 2. The van der Waals surface area contributed by atoms with E-state index < -0.39 is 0 Å². The SMILES string of the molecule is CCC[C@@H](C)NC(=O)CSc1nnc(Nc2cccc(Cl)c2)s1. The molecule has 0 aliphatic carbocycles. The van der Waals surface area contributed by atoms with Gasteiger partial charge in [-0.15, -0.1) is 10.2 Å². The fourth-order valence-electron chi connectivity index (χ4n) is 1.96. The lowest BCUT2D eigenvalue weighted by Crippen LogP contribution is -2.33. The van der Waals surface area contributed by atoms with Gasteiger partial charge in [0.2, 0.25) is 11.0 Å². The maximum Gasteiger partial charge on any atom is 0.230 e. The van der Waals surface area contributed by atoms with Crippen LogP contribution >= 0.6 is 34.7 Å². The lowest BCUT2D eigenvalue weighted by atomic mass is 10.2. The van der Waals surface area contributed by atoms with Gasteiger partial charge in [-0.25, -0.2) is 0 Å². The van der Waals surface area contributed by atoms with E-state index in [-0.39, 0.29) is 11.9 Å². The molecular weight excluding hydrogens is 352 g/mol. The van der Waals surface area contributed by atoms with Crippen molar-refractivity contribution in [2.45, 2.75) is 37.1 Å². The topological polar surface area (TPSA) is 66.9 Å². The zero-order valence-electron chi connectivity index (χ0n) is 13.0. The van der Waals surface area contributed by atoms with Crippen LogP contribution in [0.1, 0.15) is 26.7 Å². The minimum atomic E-state index is 0.0236. The molecule has 1 aromatic carbocycles. The van der Waals surface area contributed by atoms with Crippen molar-refractivity contribution in [2.75, 3.05) is 11.1 Å². The predicted octanol–water partition coefficient (Wildman–Crippen LogP) is 4.33. The quantitative estimate of drug-likeness (QED) is 0.677. The number of nitrogens with one attached hydrogen (secondary N) is 2. The van der Waals surface area contributed by atoms with Gasteiger partial charge in [0.1, 0.15) is 0 Å². The number of carbonyl (C=O) groups excluding carboxylic acids is 1. The third-order valence-corrected chi connectivity index (χ3v) is 5.15. The van der Waals surface area contributed by atoms with Crippen LogP contribution in [0.5, 0.6) is 0 Å². The van der Waals surface area contributed by atoms with Gasteiger partial charge in [0.05, 0.1) is 5.75 Å². The summed E-state index contributed by atoms with van der Waals surface area (Å²) in [7, 11) is 0. The van der Waals surface area contributed by atoms with E-state index in [1.807, 2.05) is 31.2 Å². The summed E-state index contributed by atoms with van der Waals surface area (Å²) in [6.07, 6.45) is 2.05. The smallest absolute Gasteiger partial charge is 0.230 e. The molecule has 0 spiro atoms. The van der Waals surface area contributed by atoms with E-state index in [4.69, 9.17) is 11.6 Å². The second kappa shape index (κ2) is 9.10. The number of rotatable bonds is 8. The summed E-state index contributed by atoms with van der Waals surface area (Å²) in [4.78, 5) is 11.8. The molecule has 2 rings (SSSR count). The minimum Gasteiger partial charge on any atom is -0.353 e. The number of hydrogen-bond acceptors (Lipinski definition) is 6. The van der Waals surface area contributed by atoms with Crippen LogP contribution in [0, 0.1) is 0 Å². The number of amides is 1. The Bertz CT molecular complexity index is 650. The Morgan fingerprint density at radius 3 is 3.00 bits per heavy atom. The molecule has 0 unspecified atom stereocenters. The highest BCUT2D eigenvalue weighted by Crippen LogP contribution is 2.28. The number of nitrogens with zero attached hydrogens (tertiary/aromatic N) is 2. The second-order valence-electron chi connectivity index (χ2n) is 5.05. The second-order valence-corrected chi connectivity index (χ2v) is 7.69. The average Bonchev–Trinajstić information content (AvgIpc) is 2.93. The van der Waals surface area contributed by atoms with Gasteiger partial charge in [-0.2, -0.15) is 0 Å². The molecule has 5 nitrogen and oxygen atoms in total. The number of anilines is 2. The zero-order valence-corrected chi connectivity index (χ0v) is 15.4. The zero-order chi connectivity index (χ0) is 16.7. The van der Waals surface area contributed by atoms with Gasteiger partial charge in [-0.05, 0) is 31.5 Å². The van der Waals surface area contributed by atoms with Gasteiger partial charge < -0.3 is 10.6 Å². The van der Waals surface area contributed by atoms with Crippen molar-refractivity contribution in [1.82, 2.24) is 15.5 Å². The van der Waals surface area contributed by atoms with Crippen LogP contribution in [0.25, 0.3) is 0 Å². The van der Waals surface area contributed by atoms with E-state index in [1.54, 1.807) is 0 Å². The van der Waals surface area contributed by atoms with Gasteiger partial charge in [0, 0.05) is 16.8 Å². The average molecular weight is 371 g/mol. The summed E-state index contributed by atoms with van der Waals surface area (Å²) in [6, 6.07) is 7.61. The van der Waals surface area contributed by atoms with E-state index in [0.717, 1.165) is 22.9 Å². The Labute approximate surface area is 149 Å². The standard InChI is InChI=1S/C15H19ClN4OS2/c1-3-5-10(2)17-13(21)9-22-15-20-19-14(23-15)18-12-7-4-6-11(16)8-12/h4,6-8,10H,3,5,9H2,1-2H3,(H,17,21)(H,18,19)/t10-/m1/s1. The van der Waals surface area contributed by atoms with Gasteiger partial charge >= 0.3 is 0 Å². The van der Waals surface area contributed by atoms with Crippen LogP contribution < -0.4 is 10.6 Å². The molecule has 1 amide bonds. The van der Waals surface area contributed by atoms with Gasteiger partial charge in [-0.1, -0.05) is 54.1 Å². The molecule has 1 atom stereocenters. The van der Waals surface area contributed by atoms with Crippen molar-refractivity contribution in [3.63, 3.8) is 0 Å². The van der Waals surface area contributed by atoms with Gasteiger partial charge in [0.15, 0.2) is 4.34 Å². The molecular formula is C15H19ClN4OS2. The summed E-state index contributed by atoms with van der Waals surface area (Å²) in [5.41, 5.74) is 0.858. The van der Waals surface area contributed by atoms with Crippen molar-refractivity contribution < 1.29 is 4.79 Å². The van der Waals surface area contributed by atoms with Crippen LogP contribution in [0.15, 0.2) is 28.6 Å². The Morgan fingerprint density at radius 1 is 1.43 bits per heavy atom. The van der Waals surface area contributed by atoms with E-state index in [1.165, 1.54) is 23.1 Å². The molecule has 1 heterocycles. The molecule has 2 N–H and O–H groups in total. The monoisotopic (exact) mass is 370 g/mol. The molecule has 0 radical (unpaired) electrons. The highest BCUT2D eigenvalue weighted by atomic mass is 35.5. The van der Waals surface area contributed by atoms with Crippen LogP contribution in [-0.2, 0) is 4.79 Å². The molecule has 0 fully saturated rings. The number of carbonyl (C=O) groups is 1. The Morgan fingerprint density at radius 2 is 2.26 bits per heavy atom. The molecule has 0 bridgehead atoms. The van der Waals surface area contributed by atoms with Gasteiger partial charge in [-0.3, -0.25) is 4.79 Å². The number of halogens is 1. The molecule has 0 saturated carbocycles. The highest BCUT2D eigenvalue weighted by molar-refractivity contribution is 8.01. The lowest BCUT2D eigenvalue weighted by molar-refractivity contribution is -0.119. The first kappa shape index (κ1) is 18.0. The number of benzene rings is 1. The minimum absolute atomic E-state index is 0.0236. The molecule has 8 heteroatoms. The van der Waals surface area contributed by atoms with Gasteiger partial charge in [0.25, 0.3) is 0 Å². The fraction of sp³-hybridized carbons (Fsp3) is 0.400. The largest absolute Gasteiger partial charge is 0.353 e. The molecule has 23 heavy (non-hydrogen) atoms. The van der Waals surface area contributed by atoms with E-state index in [2.05, 4.69) is 27.8 Å². The summed E-state index contributed by atoms with van der Waals surface area (Å²) in [5, 5.41) is 15.6. The highest BCUT2D eigenvalue weighted by Gasteiger charge is 2.10. The Balaban J connectivity index is 1.82. The van der Waals surface area contributed by atoms with E-state index in [9.17, 15) is 4.79 Å². The molecule has 124 valence electrons. The number of thioether (sulfide) groups is 1. The first-order valence-corrected chi connectivity index (χ1v) is 9.53. The molecule has 0 saturated heterocycles. The summed E-state index contributed by atoms with van der Waals surface area (Å²) in [5.74, 6) is 0.371. The summed E-state index contributed by atoms with van der Waals surface area (Å²) in [6.45, 7) is 4.12. The van der Waals surface area contributed by atoms with Crippen LogP contribution in [0.3, 0.4) is 0 Å². The predicted molar refractivity (Wildman–Crippen MR) is 97.9 cm³/mol. The van der Waals surface area contributed by atoms with Crippen molar-refractivity contribution in [3.05, 3.63) is 29.3 Å². The first-order chi connectivity index (χ1) is 11.1. The van der Waals surface area contributed by atoms with Crippen LogP contribution in [-0.4, -0.2) is 27.9 Å². The van der Waals surface area contributed by atoms with Crippen molar-refractivity contribution in [1.29, 1.82) is 0 Å². The van der Waals surface area contributed by atoms with Crippen molar-refractivity contribution in [3.8, 4) is 0 Å². The van der Waals surface area contributed by atoms with E-state index >= 15 is 0 Å². The Kier molecular flexibility index (Phi) is 7.14. The third kappa shape index (κ3) is 6.37. The first-order valence-electron chi connectivity index (χ1n) is 7.35. The Hall–Kier alpha value is -1.31. The molecule has 2 aromatic rings. The summed E-state index contributed by atoms with van der Waals surface area (Å²) >= 11 is 8.74. The lowest BCUT2D eigenvalue weighted by Gasteiger charge is -2.11. The molecule has 1 aromatic heterocycles. The molecule has 0 aliphatic heterocycles. The maximum atomic E-state index is 11.8. The van der Waals surface area contributed by atoms with Crippen molar-refractivity contribution in [2.24, 2.45) is 0 Å². The van der Waals surface area contributed by atoms with E-state index in [0.29, 0.717) is 15.9 Å². The van der Waals surface area contributed by atoms with Crippen LogP contribution in [0.4, 0.5) is 10.8 Å². The normalized spacial score (nSPS) is 12.0. The fourth-order valence-corrected chi connectivity index (χ4v) is 3.73. The maximum absolute atomic E-state index is 11.8. The number of aromatic nitrogens is 2. The molecule has 0 aliphatic rings. The summed E-state index contributed by atoms with van der Waals surface area (Å²) < 4.78 is 0.757. The van der Waals surface area contributed by atoms with Crippen LogP contribution in [0.2, 0.25) is 5.02 Å².